The topological polar surface area (TPSA) is 97.1 Å². The Morgan fingerprint density at radius 1 is 1.39 bits per heavy atom. The Labute approximate surface area is 134 Å². The van der Waals surface area contributed by atoms with E-state index in [1.807, 2.05) is 13.8 Å². The van der Waals surface area contributed by atoms with Crippen molar-refractivity contribution in [2.24, 2.45) is 18.1 Å². The molecule has 2 heterocycles. The smallest absolute Gasteiger partial charge is 0.303 e. The summed E-state index contributed by atoms with van der Waals surface area (Å²) in [6.45, 7) is 8.78. The van der Waals surface area contributed by atoms with E-state index < -0.39 is 11.2 Å². The average Bonchev–Trinajstić information content (AvgIpc) is 2.87. The van der Waals surface area contributed by atoms with Crippen molar-refractivity contribution in [3.8, 4) is 0 Å². The van der Waals surface area contributed by atoms with Gasteiger partial charge in [0, 0.05) is 19.3 Å². The predicted octanol–water partition coefficient (Wildman–Crippen LogP) is 1.67. The molecule has 0 amide bonds. The maximum absolute atomic E-state index is 12.2. The van der Waals surface area contributed by atoms with E-state index in [4.69, 9.17) is 0 Å². The van der Waals surface area contributed by atoms with Gasteiger partial charge in [-0.15, -0.1) is 0 Å². The summed E-state index contributed by atoms with van der Waals surface area (Å²) < 4.78 is 3.13. The van der Waals surface area contributed by atoms with Crippen LogP contribution in [0.3, 0.4) is 0 Å². The summed E-state index contributed by atoms with van der Waals surface area (Å²) in [5.74, 6) is 0.952. The molecule has 0 radical (unpaired) electrons. The van der Waals surface area contributed by atoms with Gasteiger partial charge < -0.3 is 4.57 Å². The number of hydrogen-bond donors (Lipinski definition) is 2. The number of rotatable bonds is 6. The zero-order chi connectivity index (χ0) is 17.1. The number of aromatic amines is 1. The summed E-state index contributed by atoms with van der Waals surface area (Å²) >= 11 is 0. The zero-order valence-electron chi connectivity index (χ0n) is 14.3. The number of nitrogens with one attached hydrogen (secondary N) is 2. The van der Waals surface area contributed by atoms with Crippen molar-refractivity contribution in [2.75, 3.05) is 5.43 Å². The largest absolute Gasteiger partial charge is 0.329 e. The molecule has 0 fully saturated rings. The molecule has 0 aliphatic carbocycles. The van der Waals surface area contributed by atoms with E-state index >= 15 is 0 Å². The first-order valence-electron chi connectivity index (χ1n) is 7.83. The van der Waals surface area contributed by atoms with E-state index in [2.05, 4.69) is 34.3 Å². The van der Waals surface area contributed by atoms with Gasteiger partial charge in [0.2, 0.25) is 5.95 Å². The van der Waals surface area contributed by atoms with Crippen LogP contribution >= 0.6 is 0 Å². The molecular formula is C15H24N6O2. The van der Waals surface area contributed by atoms with E-state index in [1.54, 1.807) is 11.6 Å². The van der Waals surface area contributed by atoms with Gasteiger partial charge in [-0.2, -0.15) is 10.1 Å². The molecule has 2 rings (SSSR count). The fraction of sp³-hybridized carbons (Fsp3) is 0.600. The standard InChI is InChI=1S/C15H24N6O2/c1-6-10(4)18-19-14-16-12-11(21(14)8-7-9(2)3)13(22)17-15(23)20(12)5/h9H,6-8H2,1-5H3,(H,16,19)(H,17,22,23)/b18-10-. The van der Waals surface area contributed by atoms with E-state index in [9.17, 15) is 9.59 Å². The average molecular weight is 320 g/mol. The molecule has 0 saturated heterocycles. The molecule has 8 heteroatoms. The van der Waals surface area contributed by atoms with Crippen LogP contribution in [0.4, 0.5) is 5.95 Å². The summed E-state index contributed by atoms with van der Waals surface area (Å²) in [5, 5.41) is 4.26. The number of imidazole rings is 1. The van der Waals surface area contributed by atoms with Crippen LogP contribution in [0, 0.1) is 5.92 Å². The Bertz CT molecular complexity index is 840. The minimum atomic E-state index is -0.476. The quantitative estimate of drug-likeness (QED) is 0.625. The fourth-order valence-electron chi connectivity index (χ4n) is 2.15. The third kappa shape index (κ3) is 3.52. The van der Waals surface area contributed by atoms with Crippen molar-refractivity contribution >= 4 is 22.8 Å². The summed E-state index contributed by atoms with van der Waals surface area (Å²) in [6.07, 6.45) is 1.71. The van der Waals surface area contributed by atoms with Crippen LogP contribution in [0.5, 0.6) is 0 Å². The number of hydrazone groups is 1. The lowest BCUT2D eigenvalue weighted by Crippen LogP contribution is -2.29. The highest BCUT2D eigenvalue weighted by Gasteiger charge is 2.17. The van der Waals surface area contributed by atoms with Gasteiger partial charge in [0.15, 0.2) is 11.2 Å². The maximum Gasteiger partial charge on any atom is 0.329 e. The van der Waals surface area contributed by atoms with E-state index in [0.717, 1.165) is 18.6 Å². The summed E-state index contributed by atoms with van der Waals surface area (Å²) in [5.41, 5.74) is 3.69. The fourth-order valence-corrected chi connectivity index (χ4v) is 2.15. The molecule has 0 aliphatic rings. The number of H-pyrrole nitrogens is 1. The van der Waals surface area contributed by atoms with Crippen LogP contribution in [0.15, 0.2) is 14.7 Å². The number of fused-ring (bicyclic) bond motifs is 1. The molecule has 23 heavy (non-hydrogen) atoms. The minimum Gasteiger partial charge on any atom is -0.303 e. The summed E-state index contributed by atoms with van der Waals surface area (Å²) in [7, 11) is 1.59. The number of hydrogen-bond acceptors (Lipinski definition) is 5. The molecule has 0 spiro atoms. The van der Waals surface area contributed by atoms with Crippen LogP contribution in [0.2, 0.25) is 0 Å². The van der Waals surface area contributed by atoms with Crippen LogP contribution in [0.1, 0.15) is 40.5 Å². The monoisotopic (exact) mass is 320 g/mol. The molecule has 2 aromatic heterocycles. The second-order valence-electron chi connectivity index (χ2n) is 6.07. The third-order valence-corrected chi connectivity index (χ3v) is 3.80. The third-order valence-electron chi connectivity index (χ3n) is 3.80. The highest BCUT2D eigenvalue weighted by Crippen LogP contribution is 2.17. The lowest BCUT2D eigenvalue weighted by molar-refractivity contribution is 0.524. The Balaban J connectivity index is 2.62. The van der Waals surface area contributed by atoms with E-state index in [1.165, 1.54) is 4.57 Å². The molecule has 2 aromatic rings. The van der Waals surface area contributed by atoms with Gasteiger partial charge in [-0.25, -0.2) is 10.2 Å². The first-order chi connectivity index (χ1) is 10.8. The van der Waals surface area contributed by atoms with Crippen LogP contribution in [-0.2, 0) is 13.6 Å². The zero-order valence-corrected chi connectivity index (χ0v) is 14.3. The Morgan fingerprint density at radius 2 is 2.09 bits per heavy atom. The second kappa shape index (κ2) is 6.80. The van der Waals surface area contributed by atoms with Gasteiger partial charge in [0.1, 0.15) is 0 Å². The first kappa shape index (κ1) is 17.0. The summed E-state index contributed by atoms with van der Waals surface area (Å²) in [4.78, 5) is 30.7. The molecule has 2 N–H and O–H groups in total. The van der Waals surface area contributed by atoms with Gasteiger partial charge in [0.05, 0.1) is 0 Å². The first-order valence-corrected chi connectivity index (χ1v) is 7.83. The highest BCUT2D eigenvalue weighted by molar-refractivity contribution is 5.82. The summed E-state index contributed by atoms with van der Waals surface area (Å²) in [6, 6.07) is 0. The Hall–Kier alpha value is -2.38. The van der Waals surface area contributed by atoms with Crippen LogP contribution in [0.25, 0.3) is 11.2 Å². The van der Waals surface area contributed by atoms with Gasteiger partial charge in [-0.3, -0.25) is 14.3 Å². The lowest BCUT2D eigenvalue weighted by atomic mass is 10.1. The molecule has 0 aliphatic heterocycles. The molecule has 8 nitrogen and oxygen atoms in total. The minimum absolute atomic E-state index is 0.356. The Morgan fingerprint density at radius 3 is 2.70 bits per heavy atom. The van der Waals surface area contributed by atoms with Gasteiger partial charge in [0.25, 0.3) is 5.56 Å². The molecule has 0 saturated carbocycles. The number of nitrogens with zero attached hydrogens (tertiary/aromatic N) is 4. The van der Waals surface area contributed by atoms with E-state index in [-0.39, 0.29) is 0 Å². The Kier molecular flexibility index (Phi) is 5.02. The van der Waals surface area contributed by atoms with Crippen LogP contribution in [-0.4, -0.2) is 24.8 Å². The van der Waals surface area contributed by atoms with E-state index in [0.29, 0.717) is 29.6 Å². The van der Waals surface area contributed by atoms with Crippen molar-refractivity contribution in [3.05, 3.63) is 20.8 Å². The van der Waals surface area contributed by atoms with Gasteiger partial charge in [-0.05, 0) is 25.7 Å². The molecule has 0 aromatic carbocycles. The SMILES string of the molecule is CC/C(C)=N\Nc1nc2c(c(=O)[nH]c(=O)n2C)n1CCC(C)C. The van der Waals surface area contributed by atoms with Crippen molar-refractivity contribution in [2.45, 2.75) is 47.1 Å². The molecular weight excluding hydrogens is 296 g/mol. The van der Waals surface area contributed by atoms with Crippen molar-refractivity contribution < 1.29 is 0 Å². The molecule has 0 atom stereocenters. The normalized spacial score (nSPS) is 12.3. The van der Waals surface area contributed by atoms with Gasteiger partial charge >= 0.3 is 5.69 Å². The maximum atomic E-state index is 12.2. The lowest BCUT2D eigenvalue weighted by Gasteiger charge is -2.10. The van der Waals surface area contributed by atoms with Gasteiger partial charge in [-0.1, -0.05) is 20.8 Å². The van der Waals surface area contributed by atoms with Crippen LogP contribution < -0.4 is 16.7 Å². The number of anilines is 1. The highest BCUT2D eigenvalue weighted by atomic mass is 16.2. The second-order valence-corrected chi connectivity index (χ2v) is 6.07. The predicted molar refractivity (Wildman–Crippen MR) is 92.1 cm³/mol. The van der Waals surface area contributed by atoms with Crippen molar-refractivity contribution in [1.29, 1.82) is 0 Å². The number of aromatic nitrogens is 4. The van der Waals surface area contributed by atoms with Crippen molar-refractivity contribution in [1.82, 2.24) is 19.1 Å². The van der Waals surface area contributed by atoms with Crippen molar-refractivity contribution in [3.63, 3.8) is 0 Å². The molecule has 0 bridgehead atoms. The molecule has 126 valence electrons. The molecule has 0 unspecified atom stereocenters. The number of aryl methyl sites for hydroxylation is 2.